The summed E-state index contributed by atoms with van der Waals surface area (Å²) in [7, 11) is 0. The van der Waals surface area contributed by atoms with Gasteiger partial charge in [0.25, 0.3) is 5.69 Å². The molecule has 10 heteroatoms. The molecule has 0 radical (unpaired) electrons. The number of para-hydroxylation sites is 1. The largest absolute Gasteiger partial charge is 0.463 e. The summed E-state index contributed by atoms with van der Waals surface area (Å²) in [6.07, 6.45) is 0.382. The molecule has 0 bridgehead atoms. The van der Waals surface area contributed by atoms with E-state index in [9.17, 15) is 24.5 Å². The van der Waals surface area contributed by atoms with Crippen molar-refractivity contribution >= 4 is 23.9 Å². The molecule has 1 aliphatic rings. The monoisotopic (exact) mass is 404 g/mol. The number of carbonyl (C=O) groups is 3. The van der Waals surface area contributed by atoms with Crippen molar-refractivity contribution in [2.45, 2.75) is 19.8 Å². The fourth-order valence-electron chi connectivity index (χ4n) is 3.08. The van der Waals surface area contributed by atoms with Crippen LogP contribution in [0.15, 0.2) is 46.8 Å². The maximum absolute atomic E-state index is 12.7. The smallest absolute Gasteiger partial charge is 0.337 e. The Hall–Kier alpha value is -3.53. The Balaban J connectivity index is 2.77. The van der Waals surface area contributed by atoms with Crippen LogP contribution in [0.25, 0.3) is 0 Å². The first kappa shape index (κ1) is 21.8. The lowest BCUT2D eigenvalue weighted by atomic mass is 9.79. The summed E-state index contributed by atoms with van der Waals surface area (Å²) in [5.41, 5.74) is -0.628. The highest BCUT2D eigenvalue weighted by atomic mass is 16.6. The Kier molecular flexibility index (Phi) is 7.21. The highest BCUT2D eigenvalue weighted by Gasteiger charge is 2.41. The van der Waals surface area contributed by atoms with Crippen LogP contribution >= 0.6 is 0 Å². The van der Waals surface area contributed by atoms with Gasteiger partial charge >= 0.3 is 11.9 Å². The summed E-state index contributed by atoms with van der Waals surface area (Å²) in [4.78, 5) is 47.9. The number of ether oxygens (including phenoxy) is 2. The highest BCUT2D eigenvalue weighted by Crippen LogP contribution is 2.42. The van der Waals surface area contributed by atoms with E-state index in [4.69, 9.17) is 14.6 Å². The zero-order valence-electron chi connectivity index (χ0n) is 15.8. The fourth-order valence-corrected chi connectivity index (χ4v) is 3.08. The van der Waals surface area contributed by atoms with Crippen molar-refractivity contribution in [3.8, 4) is 0 Å². The van der Waals surface area contributed by atoms with E-state index >= 15 is 0 Å². The Labute approximate surface area is 165 Å². The minimum absolute atomic E-state index is 0.00887. The number of esters is 2. The van der Waals surface area contributed by atoms with E-state index in [-0.39, 0.29) is 47.0 Å². The first-order valence-electron chi connectivity index (χ1n) is 8.72. The van der Waals surface area contributed by atoms with Crippen LogP contribution in [-0.4, -0.2) is 48.1 Å². The number of rotatable bonds is 8. The van der Waals surface area contributed by atoms with Crippen molar-refractivity contribution in [3.05, 3.63) is 62.5 Å². The third kappa shape index (κ3) is 4.49. The molecule has 0 fully saturated rings. The van der Waals surface area contributed by atoms with Crippen LogP contribution in [0.1, 0.15) is 25.3 Å². The number of nitro benzene ring substituents is 1. The maximum atomic E-state index is 12.7. The summed E-state index contributed by atoms with van der Waals surface area (Å²) >= 11 is 0. The van der Waals surface area contributed by atoms with Gasteiger partial charge in [-0.3, -0.25) is 14.9 Å². The second-order valence-corrected chi connectivity index (χ2v) is 5.94. The van der Waals surface area contributed by atoms with Crippen molar-refractivity contribution < 1.29 is 33.9 Å². The van der Waals surface area contributed by atoms with Crippen LogP contribution in [0.4, 0.5) is 5.69 Å². The molecule has 10 nitrogen and oxygen atoms in total. The number of aliphatic hydroxyl groups excluding tert-OH is 1. The number of allylic oxidation sites excluding steroid dienone is 2. The van der Waals surface area contributed by atoms with Crippen molar-refractivity contribution in [1.82, 2.24) is 5.32 Å². The van der Waals surface area contributed by atoms with Crippen LogP contribution in [0.5, 0.6) is 0 Å². The predicted octanol–water partition coefficient (Wildman–Crippen LogP) is 1.11. The molecule has 1 aromatic rings. The van der Waals surface area contributed by atoms with Crippen molar-refractivity contribution in [2.75, 3.05) is 19.8 Å². The molecule has 2 rings (SSSR count). The Morgan fingerprint density at radius 1 is 1.24 bits per heavy atom. The molecular weight excluding hydrogens is 384 g/mol. The zero-order chi connectivity index (χ0) is 21.6. The first-order chi connectivity index (χ1) is 13.9. The number of aldehydes is 1. The van der Waals surface area contributed by atoms with Crippen LogP contribution in [0.3, 0.4) is 0 Å². The first-order valence-corrected chi connectivity index (χ1v) is 8.72. The molecule has 154 valence electrons. The molecule has 0 aromatic heterocycles. The summed E-state index contributed by atoms with van der Waals surface area (Å²) in [6.45, 7) is 2.29. The number of nitro groups is 1. The Morgan fingerprint density at radius 3 is 2.48 bits per heavy atom. The van der Waals surface area contributed by atoms with Gasteiger partial charge in [-0.1, -0.05) is 18.2 Å². The molecule has 1 atom stereocenters. The van der Waals surface area contributed by atoms with E-state index in [1.807, 2.05) is 0 Å². The van der Waals surface area contributed by atoms with Gasteiger partial charge in [0.15, 0.2) is 6.29 Å². The van der Waals surface area contributed by atoms with Crippen LogP contribution in [0.2, 0.25) is 0 Å². The average molecular weight is 404 g/mol. The molecule has 0 saturated carbocycles. The van der Waals surface area contributed by atoms with Gasteiger partial charge in [0.1, 0.15) is 6.61 Å². The van der Waals surface area contributed by atoms with E-state index in [1.165, 1.54) is 31.2 Å². The van der Waals surface area contributed by atoms with Gasteiger partial charge in [-0.15, -0.1) is 0 Å². The summed E-state index contributed by atoms with van der Waals surface area (Å²) < 4.78 is 10.0. The van der Waals surface area contributed by atoms with Gasteiger partial charge in [0, 0.05) is 17.3 Å². The molecule has 0 saturated heterocycles. The zero-order valence-corrected chi connectivity index (χ0v) is 15.8. The quantitative estimate of drug-likeness (QED) is 0.281. The summed E-state index contributed by atoms with van der Waals surface area (Å²) in [6, 6.07) is 5.58. The lowest BCUT2D eigenvalue weighted by Crippen LogP contribution is -2.34. The molecule has 1 unspecified atom stereocenters. The van der Waals surface area contributed by atoms with Crippen LogP contribution < -0.4 is 5.32 Å². The lowest BCUT2D eigenvalue weighted by Gasteiger charge is -2.29. The molecular formula is C19H20N2O8. The molecule has 1 aliphatic heterocycles. The number of carbonyl (C=O) groups excluding carboxylic acids is 3. The Bertz CT molecular complexity index is 903. The minimum Gasteiger partial charge on any atom is -0.463 e. The third-order valence-electron chi connectivity index (χ3n) is 4.20. The second-order valence-electron chi connectivity index (χ2n) is 5.94. The molecule has 0 aliphatic carbocycles. The van der Waals surface area contributed by atoms with E-state index in [2.05, 4.69) is 5.32 Å². The number of aliphatic hydroxyl groups is 1. The van der Waals surface area contributed by atoms with Crippen LogP contribution in [0, 0.1) is 10.1 Å². The third-order valence-corrected chi connectivity index (χ3v) is 4.20. The second kappa shape index (κ2) is 9.60. The van der Waals surface area contributed by atoms with Crippen molar-refractivity contribution in [2.24, 2.45) is 0 Å². The number of hydrogen-bond donors (Lipinski definition) is 2. The van der Waals surface area contributed by atoms with Crippen molar-refractivity contribution in [1.29, 1.82) is 0 Å². The molecule has 29 heavy (non-hydrogen) atoms. The Morgan fingerprint density at radius 2 is 1.90 bits per heavy atom. The molecule has 0 spiro atoms. The predicted molar refractivity (Wildman–Crippen MR) is 99.4 cm³/mol. The van der Waals surface area contributed by atoms with Gasteiger partial charge in [0.2, 0.25) is 0 Å². The summed E-state index contributed by atoms with van der Waals surface area (Å²) in [5.74, 6) is -3.06. The number of benzene rings is 1. The SMILES string of the molecule is CCOC(=O)C1=C(C=O)NC(C)=C(C(=O)OCCO)C1c1ccccc1[N+](=O)[O-]. The fraction of sp³-hybridized carbons (Fsp3) is 0.316. The van der Waals surface area contributed by atoms with E-state index in [0.717, 1.165) is 0 Å². The van der Waals surface area contributed by atoms with Gasteiger partial charge in [-0.2, -0.15) is 0 Å². The number of nitrogens with zero attached hydrogens (tertiary/aromatic N) is 1. The van der Waals surface area contributed by atoms with Gasteiger partial charge in [0.05, 0.1) is 40.9 Å². The molecule has 2 N–H and O–H groups in total. The lowest BCUT2D eigenvalue weighted by molar-refractivity contribution is -0.385. The normalized spacial score (nSPS) is 16.2. The highest BCUT2D eigenvalue weighted by molar-refractivity contribution is 6.03. The van der Waals surface area contributed by atoms with Gasteiger partial charge in [-0.05, 0) is 13.8 Å². The number of nitrogens with one attached hydrogen (secondary N) is 1. The molecule has 1 aromatic carbocycles. The average Bonchev–Trinajstić information content (AvgIpc) is 2.71. The standard InChI is InChI=1S/C19H20N2O8/c1-3-28-19(25)17-13(10-23)20-11(2)15(18(24)29-9-8-22)16(17)12-6-4-5-7-14(12)21(26)27/h4-7,10,16,20,22H,3,8-9H2,1-2H3. The van der Waals surface area contributed by atoms with Crippen LogP contribution in [-0.2, 0) is 23.9 Å². The van der Waals surface area contributed by atoms with E-state index < -0.39 is 29.4 Å². The van der Waals surface area contributed by atoms with Gasteiger partial charge in [-0.25, -0.2) is 9.59 Å². The maximum Gasteiger partial charge on any atom is 0.337 e. The topological polar surface area (TPSA) is 145 Å². The number of hydrogen-bond acceptors (Lipinski definition) is 9. The van der Waals surface area contributed by atoms with E-state index in [1.54, 1.807) is 6.92 Å². The molecule has 1 heterocycles. The van der Waals surface area contributed by atoms with Gasteiger partial charge < -0.3 is 19.9 Å². The summed E-state index contributed by atoms with van der Waals surface area (Å²) in [5, 5.41) is 23.2. The number of dihydropyridines is 1. The van der Waals surface area contributed by atoms with Crippen molar-refractivity contribution in [3.63, 3.8) is 0 Å². The minimum atomic E-state index is -1.27. The molecule has 0 amide bonds. The van der Waals surface area contributed by atoms with E-state index in [0.29, 0.717) is 6.29 Å².